The fourth-order valence-corrected chi connectivity index (χ4v) is 3.63. The van der Waals surface area contributed by atoms with Gasteiger partial charge in [-0.25, -0.2) is 0 Å². The van der Waals surface area contributed by atoms with Gasteiger partial charge in [-0.05, 0) is 38.2 Å². The van der Waals surface area contributed by atoms with E-state index < -0.39 is 24.4 Å². The lowest BCUT2D eigenvalue weighted by molar-refractivity contribution is -0.0792. The Hall–Kier alpha value is -2.63. The topological polar surface area (TPSA) is 109 Å². The molecule has 120 valence electrons. The molecule has 1 aliphatic rings. The second-order valence-electron chi connectivity index (χ2n) is 6.03. The minimum Gasteiger partial charge on any atom is -0.390 e. The van der Waals surface area contributed by atoms with E-state index in [0.29, 0.717) is 11.1 Å². The second kappa shape index (κ2) is 5.47. The van der Waals surface area contributed by atoms with E-state index in [9.17, 15) is 15.3 Å². The molecule has 6 heteroatoms. The maximum absolute atomic E-state index is 10.4. The predicted molar refractivity (Wildman–Crippen MR) is 90.3 cm³/mol. The molecule has 0 radical (unpaired) electrons. The molecule has 0 amide bonds. The van der Waals surface area contributed by atoms with E-state index >= 15 is 0 Å². The van der Waals surface area contributed by atoms with Gasteiger partial charge in [-0.1, -0.05) is 53.6 Å². The van der Waals surface area contributed by atoms with Crippen molar-refractivity contribution in [1.29, 1.82) is 0 Å². The van der Waals surface area contributed by atoms with Gasteiger partial charge in [0.2, 0.25) is 0 Å². The van der Waals surface area contributed by atoms with E-state index in [-0.39, 0.29) is 0 Å². The zero-order valence-corrected chi connectivity index (χ0v) is 12.6. The summed E-state index contributed by atoms with van der Waals surface area (Å²) < 4.78 is 0. The number of fused-ring (bicyclic) bond motifs is 5. The summed E-state index contributed by atoms with van der Waals surface area (Å²) in [5.74, 6) is 0. The molecule has 0 spiro atoms. The largest absolute Gasteiger partial charge is 0.390 e. The first-order valence-corrected chi connectivity index (χ1v) is 7.66. The van der Waals surface area contributed by atoms with Crippen molar-refractivity contribution in [2.24, 2.45) is 5.11 Å². The summed E-state index contributed by atoms with van der Waals surface area (Å²) in [6.45, 7) is 0. The minimum atomic E-state index is -1.40. The van der Waals surface area contributed by atoms with Crippen molar-refractivity contribution in [3.8, 4) is 0 Å². The highest BCUT2D eigenvalue weighted by Crippen LogP contribution is 2.44. The van der Waals surface area contributed by atoms with Gasteiger partial charge >= 0.3 is 0 Å². The highest BCUT2D eigenvalue weighted by molar-refractivity contribution is 6.09. The number of hydrogen-bond donors (Lipinski definition) is 3. The molecule has 0 aromatic heterocycles. The summed E-state index contributed by atoms with van der Waals surface area (Å²) in [4.78, 5) is 2.83. The fourth-order valence-electron chi connectivity index (χ4n) is 3.63. The zero-order valence-electron chi connectivity index (χ0n) is 12.6. The first-order chi connectivity index (χ1) is 11.6. The van der Waals surface area contributed by atoms with E-state index in [1.807, 2.05) is 42.5 Å². The molecule has 4 rings (SSSR count). The van der Waals surface area contributed by atoms with Crippen LogP contribution in [-0.4, -0.2) is 27.5 Å². The van der Waals surface area contributed by atoms with Gasteiger partial charge < -0.3 is 15.3 Å². The highest BCUT2D eigenvalue weighted by Gasteiger charge is 2.41. The van der Waals surface area contributed by atoms with E-state index in [1.165, 1.54) is 0 Å². The Labute approximate surface area is 137 Å². The van der Waals surface area contributed by atoms with Gasteiger partial charge in [0.1, 0.15) is 12.2 Å². The summed E-state index contributed by atoms with van der Waals surface area (Å²) in [6.07, 6.45) is -4.00. The van der Waals surface area contributed by atoms with E-state index in [1.54, 1.807) is 6.07 Å². The number of aliphatic hydroxyl groups is 3. The molecule has 4 unspecified atom stereocenters. The van der Waals surface area contributed by atoms with Crippen molar-refractivity contribution in [1.82, 2.24) is 0 Å². The molecule has 3 aromatic carbocycles. The van der Waals surface area contributed by atoms with Gasteiger partial charge in [0, 0.05) is 4.91 Å². The Bertz CT molecular complexity index is 997. The zero-order chi connectivity index (χ0) is 16.8. The molecule has 0 saturated heterocycles. The summed E-state index contributed by atoms with van der Waals surface area (Å²) >= 11 is 0. The minimum absolute atomic E-state index is 0.481. The van der Waals surface area contributed by atoms with Crippen LogP contribution in [0, 0.1) is 0 Å². The van der Waals surface area contributed by atoms with Gasteiger partial charge in [-0.3, -0.25) is 0 Å². The third-order valence-electron chi connectivity index (χ3n) is 4.77. The Kier molecular flexibility index (Phi) is 3.40. The molecular formula is C18H15N3O3. The maximum atomic E-state index is 10.4. The number of azide groups is 1. The number of nitrogens with zero attached hydrogens (tertiary/aromatic N) is 3. The first kappa shape index (κ1) is 14.9. The van der Waals surface area contributed by atoms with Gasteiger partial charge in [-0.15, -0.1) is 0 Å². The number of aliphatic hydroxyl groups excluding tert-OH is 3. The van der Waals surface area contributed by atoms with Crippen LogP contribution < -0.4 is 0 Å². The molecule has 3 aromatic rings. The molecule has 0 fully saturated rings. The fraction of sp³-hybridized carbons (Fsp3) is 0.222. The Morgan fingerprint density at radius 2 is 1.58 bits per heavy atom. The van der Waals surface area contributed by atoms with Crippen LogP contribution in [0.3, 0.4) is 0 Å². The molecule has 0 bridgehead atoms. The van der Waals surface area contributed by atoms with Gasteiger partial charge in [-0.2, -0.15) is 0 Å². The molecule has 0 saturated carbocycles. The van der Waals surface area contributed by atoms with Crippen LogP contribution in [0.15, 0.2) is 53.6 Å². The molecule has 0 aliphatic heterocycles. The Balaban J connectivity index is 2.18. The maximum Gasteiger partial charge on any atom is 0.111 e. The van der Waals surface area contributed by atoms with Crippen molar-refractivity contribution in [3.05, 3.63) is 70.1 Å². The molecule has 6 nitrogen and oxygen atoms in total. The lowest BCUT2D eigenvalue weighted by Gasteiger charge is -2.36. The monoisotopic (exact) mass is 321 g/mol. The third-order valence-corrected chi connectivity index (χ3v) is 4.77. The van der Waals surface area contributed by atoms with E-state index in [4.69, 9.17) is 5.53 Å². The summed E-state index contributed by atoms with van der Waals surface area (Å²) in [6, 6.07) is 14.3. The Morgan fingerprint density at radius 1 is 0.875 bits per heavy atom. The number of hydrogen-bond acceptors (Lipinski definition) is 4. The van der Waals surface area contributed by atoms with Crippen molar-refractivity contribution in [2.75, 3.05) is 0 Å². The molecule has 3 N–H and O–H groups in total. The Morgan fingerprint density at radius 3 is 2.38 bits per heavy atom. The molecule has 1 aliphatic carbocycles. The molecule has 0 heterocycles. The van der Waals surface area contributed by atoms with Gasteiger partial charge in [0.25, 0.3) is 0 Å². The molecule has 4 atom stereocenters. The second-order valence-corrected chi connectivity index (χ2v) is 6.03. The standard InChI is InChI=1S/C18H15N3O3/c19-21-20-15-14-12(16(22)18(24)17(15)23)8-7-10-6-5-9-3-1-2-4-11(9)13(10)14/h1-8,15-18,22-24H. The van der Waals surface area contributed by atoms with Crippen molar-refractivity contribution in [2.45, 2.75) is 24.4 Å². The SMILES string of the molecule is [N-]=[N+]=NC1c2c(ccc3ccc4ccccc4c23)C(O)C(O)C1O. The summed E-state index contributed by atoms with van der Waals surface area (Å²) in [5.41, 5.74) is 9.96. The summed E-state index contributed by atoms with van der Waals surface area (Å²) in [5, 5.41) is 38.2. The lowest BCUT2D eigenvalue weighted by atomic mass is 9.78. The first-order valence-electron chi connectivity index (χ1n) is 7.66. The van der Waals surface area contributed by atoms with E-state index in [2.05, 4.69) is 10.0 Å². The average Bonchev–Trinajstić information content (AvgIpc) is 2.62. The lowest BCUT2D eigenvalue weighted by Crippen LogP contribution is -2.41. The van der Waals surface area contributed by atoms with Crippen LogP contribution in [0.4, 0.5) is 0 Å². The average molecular weight is 321 g/mol. The van der Waals surface area contributed by atoms with E-state index in [0.717, 1.165) is 21.5 Å². The van der Waals surface area contributed by atoms with Crippen LogP contribution in [0.5, 0.6) is 0 Å². The molecular weight excluding hydrogens is 306 g/mol. The highest BCUT2D eigenvalue weighted by atomic mass is 16.4. The quantitative estimate of drug-likeness (QED) is 0.277. The number of benzene rings is 3. The smallest absolute Gasteiger partial charge is 0.111 e. The van der Waals surface area contributed by atoms with Crippen LogP contribution in [-0.2, 0) is 0 Å². The predicted octanol–water partition coefficient (Wildman–Crippen LogP) is 3.11. The molecule has 24 heavy (non-hydrogen) atoms. The van der Waals surface area contributed by atoms with Crippen molar-refractivity contribution in [3.63, 3.8) is 0 Å². The van der Waals surface area contributed by atoms with Crippen molar-refractivity contribution >= 4 is 21.5 Å². The summed E-state index contributed by atoms with van der Waals surface area (Å²) in [7, 11) is 0. The van der Waals surface area contributed by atoms with Crippen molar-refractivity contribution < 1.29 is 15.3 Å². The van der Waals surface area contributed by atoms with Crippen LogP contribution in [0.25, 0.3) is 32.0 Å². The normalized spacial score (nSPS) is 26.1. The van der Waals surface area contributed by atoms with Gasteiger partial charge in [0.05, 0.1) is 12.1 Å². The third kappa shape index (κ3) is 1.99. The van der Waals surface area contributed by atoms with Crippen LogP contribution >= 0.6 is 0 Å². The van der Waals surface area contributed by atoms with Crippen LogP contribution in [0.2, 0.25) is 0 Å². The number of rotatable bonds is 1. The van der Waals surface area contributed by atoms with Crippen LogP contribution in [0.1, 0.15) is 23.3 Å². The van der Waals surface area contributed by atoms with Gasteiger partial charge in [0.15, 0.2) is 0 Å².